The number of ether oxygens (including phenoxy) is 2. The van der Waals surface area contributed by atoms with E-state index in [1.165, 1.54) is 7.11 Å². The second-order valence-electron chi connectivity index (χ2n) is 7.91. The van der Waals surface area contributed by atoms with Gasteiger partial charge in [0.15, 0.2) is 0 Å². The minimum absolute atomic E-state index is 0.0577. The van der Waals surface area contributed by atoms with Gasteiger partial charge in [-0.05, 0) is 62.1 Å². The Labute approximate surface area is 193 Å². The molecule has 0 aromatic heterocycles. The van der Waals surface area contributed by atoms with Crippen LogP contribution >= 0.6 is 23.2 Å². The summed E-state index contributed by atoms with van der Waals surface area (Å²) in [4.78, 5) is 25.8. The molecule has 0 bridgehead atoms. The Morgan fingerprint density at radius 1 is 1.13 bits per heavy atom. The molecule has 166 valence electrons. The van der Waals surface area contributed by atoms with Gasteiger partial charge in [-0.3, -0.25) is 4.79 Å². The van der Waals surface area contributed by atoms with E-state index in [-0.39, 0.29) is 17.6 Å². The first-order chi connectivity index (χ1) is 14.8. The molecule has 1 N–H and O–H groups in total. The molecule has 2 aromatic carbocycles. The molecular formula is C24H27Cl2NO4. The molecule has 3 rings (SSSR count). The fourth-order valence-corrected chi connectivity index (χ4v) is 4.60. The van der Waals surface area contributed by atoms with Gasteiger partial charge in [-0.25, -0.2) is 4.79 Å². The van der Waals surface area contributed by atoms with Crippen LogP contribution in [0.15, 0.2) is 36.4 Å². The summed E-state index contributed by atoms with van der Waals surface area (Å²) in [5, 5.41) is 4.00. The Balaban J connectivity index is 1.93. The molecule has 0 aliphatic heterocycles. The number of halogens is 2. The largest absolute Gasteiger partial charge is 0.490 e. The van der Waals surface area contributed by atoms with Crippen molar-refractivity contribution in [2.75, 3.05) is 12.4 Å². The maximum absolute atomic E-state index is 13.5. The van der Waals surface area contributed by atoms with Crippen LogP contribution in [0.25, 0.3) is 0 Å². The standard InChI is InChI=1S/C24H27Cl2NO4/c1-4-15(2)31-21-10-8-17(14-18(21)22(28)30-3)27-23(29)24(11-5-6-12-24)19-9-7-16(25)13-20(19)26/h7-10,13-15H,4-6,11-12H2,1-3H3,(H,27,29)/t15-/m0/s1. The lowest BCUT2D eigenvalue weighted by molar-refractivity contribution is -0.121. The van der Waals surface area contributed by atoms with Crippen LogP contribution in [0, 0.1) is 0 Å². The van der Waals surface area contributed by atoms with Crippen molar-refractivity contribution in [2.45, 2.75) is 57.5 Å². The van der Waals surface area contributed by atoms with Gasteiger partial charge in [-0.1, -0.05) is 49.0 Å². The van der Waals surface area contributed by atoms with Crippen molar-refractivity contribution in [3.8, 4) is 5.75 Å². The van der Waals surface area contributed by atoms with Gasteiger partial charge >= 0.3 is 5.97 Å². The lowest BCUT2D eigenvalue weighted by Crippen LogP contribution is -2.38. The minimum Gasteiger partial charge on any atom is -0.490 e. The topological polar surface area (TPSA) is 64.6 Å². The average molecular weight is 464 g/mol. The number of rotatable bonds is 7. The highest BCUT2D eigenvalue weighted by Gasteiger charge is 2.44. The molecule has 5 nitrogen and oxygen atoms in total. The molecule has 2 aromatic rings. The lowest BCUT2D eigenvalue weighted by atomic mass is 9.78. The van der Waals surface area contributed by atoms with Crippen molar-refractivity contribution >= 4 is 40.8 Å². The van der Waals surface area contributed by atoms with E-state index in [4.69, 9.17) is 32.7 Å². The molecule has 0 saturated heterocycles. The van der Waals surface area contributed by atoms with Gasteiger partial charge in [-0.2, -0.15) is 0 Å². The van der Waals surface area contributed by atoms with Crippen molar-refractivity contribution in [1.29, 1.82) is 0 Å². The van der Waals surface area contributed by atoms with Crippen LogP contribution in [0.4, 0.5) is 5.69 Å². The molecule has 7 heteroatoms. The highest BCUT2D eigenvalue weighted by atomic mass is 35.5. The van der Waals surface area contributed by atoms with Gasteiger partial charge in [0.1, 0.15) is 11.3 Å². The number of hydrogen-bond acceptors (Lipinski definition) is 4. The number of benzene rings is 2. The highest BCUT2D eigenvalue weighted by molar-refractivity contribution is 6.35. The Hall–Kier alpha value is -2.24. The second-order valence-corrected chi connectivity index (χ2v) is 8.75. The van der Waals surface area contributed by atoms with Crippen molar-refractivity contribution in [3.05, 3.63) is 57.6 Å². The summed E-state index contributed by atoms with van der Waals surface area (Å²) in [7, 11) is 1.32. The smallest absolute Gasteiger partial charge is 0.341 e. The molecule has 0 spiro atoms. The number of anilines is 1. The number of methoxy groups -OCH3 is 1. The minimum atomic E-state index is -0.737. The van der Waals surface area contributed by atoms with E-state index < -0.39 is 11.4 Å². The average Bonchev–Trinajstić information content (AvgIpc) is 3.25. The number of nitrogens with one attached hydrogen (secondary N) is 1. The summed E-state index contributed by atoms with van der Waals surface area (Å²) < 4.78 is 10.8. The summed E-state index contributed by atoms with van der Waals surface area (Å²) in [6.07, 6.45) is 3.99. The zero-order valence-electron chi connectivity index (χ0n) is 18.0. The van der Waals surface area contributed by atoms with Gasteiger partial charge in [-0.15, -0.1) is 0 Å². The van der Waals surface area contributed by atoms with Gasteiger partial charge < -0.3 is 14.8 Å². The Bertz CT molecular complexity index is 970. The molecule has 1 saturated carbocycles. The van der Waals surface area contributed by atoms with Crippen LogP contribution in [0.5, 0.6) is 5.75 Å². The third kappa shape index (κ3) is 4.99. The molecule has 1 amide bonds. The molecule has 31 heavy (non-hydrogen) atoms. The molecular weight excluding hydrogens is 437 g/mol. The zero-order chi connectivity index (χ0) is 22.6. The normalized spacial score (nSPS) is 15.9. The van der Waals surface area contributed by atoms with Gasteiger partial charge in [0.25, 0.3) is 0 Å². The quantitative estimate of drug-likeness (QED) is 0.481. The van der Waals surface area contributed by atoms with Crippen molar-refractivity contribution in [2.24, 2.45) is 0 Å². The third-order valence-corrected chi connectivity index (χ3v) is 6.43. The summed E-state index contributed by atoms with van der Waals surface area (Å²) in [6, 6.07) is 10.3. The molecule has 0 unspecified atom stereocenters. The number of hydrogen-bond donors (Lipinski definition) is 1. The van der Waals surface area contributed by atoms with Crippen LogP contribution in [0.3, 0.4) is 0 Å². The van der Waals surface area contributed by atoms with Crippen molar-refractivity contribution < 1.29 is 19.1 Å². The summed E-state index contributed by atoms with van der Waals surface area (Å²) in [5.41, 5.74) is 0.807. The SMILES string of the molecule is CC[C@H](C)Oc1ccc(NC(=O)C2(c3ccc(Cl)cc3Cl)CCCC2)cc1C(=O)OC. The Kier molecular flexibility index (Phi) is 7.50. The van der Waals surface area contributed by atoms with Gasteiger partial charge in [0.2, 0.25) is 5.91 Å². The first-order valence-corrected chi connectivity index (χ1v) is 11.2. The molecule has 1 atom stereocenters. The van der Waals surface area contributed by atoms with E-state index in [2.05, 4.69) is 5.32 Å². The fraction of sp³-hybridized carbons (Fsp3) is 0.417. The first kappa shape index (κ1) is 23.4. The van der Waals surface area contributed by atoms with Crippen LogP contribution in [0.1, 0.15) is 61.9 Å². The maximum atomic E-state index is 13.5. The third-order valence-electron chi connectivity index (χ3n) is 5.88. The van der Waals surface area contributed by atoms with Crippen molar-refractivity contribution in [1.82, 2.24) is 0 Å². The Morgan fingerprint density at radius 3 is 2.45 bits per heavy atom. The van der Waals surface area contributed by atoms with Crippen molar-refractivity contribution in [3.63, 3.8) is 0 Å². The van der Waals surface area contributed by atoms with Crippen LogP contribution < -0.4 is 10.1 Å². The molecule has 0 radical (unpaired) electrons. The summed E-state index contributed by atoms with van der Waals surface area (Å²) in [6.45, 7) is 3.93. The predicted octanol–water partition coefficient (Wildman–Crippen LogP) is 6.41. The van der Waals surface area contributed by atoms with E-state index >= 15 is 0 Å². The lowest BCUT2D eigenvalue weighted by Gasteiger charge is -2.29. The number of esters is 1. The van der Waals surface area contributed by atoms with Crippen LogP contribution in [0.2, 0.25) is 10.0 Å². The van der Waals surface area contributed by atoms with E-state index in [0.29, 0.717) is 34.3 Å². The van der Waals surface area contributed by atoms with E-state index in [1.807, 2.05) is 19.9 Å². The summed E-state index contributed by atoms with van der Waals surface area (Å²) >= 11 is 12.5. The van der Waals surface area contributed by atoms with E-state index in [9.17, 15) is 9.59 Å². The second kappa shape index (κ2) is 9.92. The van der Waals surface area contributed by atoms with Crippen LogP contribution in [-0.2, 0) is 14.9 Å². The maximum Gasteiger partial charge on any atom is 0.341 e. The predicted molar refractivity (Wildman–Crippen MR) is 123 cm³/mol. The van der Waals surface area contributed by atoms with E-state index in [1.54, 1.807) is 30.3 Å². The van der Waals surface area contributed by atoms with Gasteiger partial charge in [0, 0.05) is 15.7 Å². The zero-order valence-corrected chi connectivity index (χ0v) is 19.5. The molecule has 1 aliphatic carbocycles. The summed E-state index contributed by atoms with van der Waals surface area (Å²) in [5.74, 6) is -0.248. The van der Waals surface area contributed by atoms with Gasteiger partial charge in [0.05, 0.1) is 18.6 Å². The number of amides is 1. The fourth-order valence-electron chi connectivity index (χ4n) is 4.01. The number of carbonyl (C=O) groups excluding carboxylic acids is 2. The van der Waals surface area contributed by atoms with E-state index in [0.717, 1.165) is 24.8 Å². The first-order valence-electron chi connectivity index (χ1n) is 10.5. The molecule has 1 fully saturated rings. The molecule has 0 heterocycles. The number of carbonyl (C=O) groups is 2. The van der Waals surface area contributed by atoms with Crippen LogP contribution in [-0.4, -0.2) is 25.1 Å². The molecule has 1 aliphatic rings. The monoisotopic (exact) mass is 463 g/mol. The Morgan fingerprint density at radius 2 is 1.84 bits per heavy atom. The highest BCUT2D eigenvalue weighted by Crippen LogP contribution is 2.45.